The molecule has 3 aromatic carbocycles. The lowest BCUT2D eigenvalue weighted by Gasteiger charge is -2.25. The number of ether oxygens (including phenoxy) is 1. The molecule has 1 saturated heterocycles. The van der Waals surface area contributed by atoms with Crippen LogP contribution in [0.25, 0.3) is 5.76 Å². The highest BCUT2D eigenvalue weighted by Crippen LogP contribution is 2.41. The van der Waals surface area contributed by atoms with Gasteiger partial charge < -0.3 is 14.7 Å². The van der Waals surface area contributed by atoms with E-state index in [2.05, 4.69) is 0 Å². The third kappa shape index (κ3) is 4.51. The van der Waals surface area contributed by atoms with Gasteiger partial charge in [-0.2, -0.15) is 0 Å². The topological polar surface area (TPSA) is 66.8 Å². The molecular formula is C27H24FNO4. The first-order chi connectivity index (χ1) is 16.0. The van der Waals surface area contributed by atoms with Crippen molar-refractivity contribution in [2.24, 2.45) is 0 Å². The molecule has 1 fully saturated rings. The summed E-state index contributed by atoms with van der Waals surface area (Å²) in [5.41, 5.74) is 1.11. The van der Waals surface area contributed by atoms with Crippen LogP contribution in [0.15, 0.2) is 84.4 Å². The van der Waals surface area contributed by atoms with Crippen molar-refractivity contribution in [3.05, 3.63) is 107 Å². The minimum atomic E-state index is -1.06. The van der Waals surface area contributed by atoms with Crippen molar-refractivity contribution < 1.29 is 23.8 Å². The van der Waals surface area contributed by atoms with E-state index in [1.165, 1.54) is 23.1 Å². The Balaban J connectivity index is 1.84. The molecule has 1 heterocycles. The first-order valence-electron chi connectivity index (χ1n) is 10.8. The summed E-state index contributed by atoms with van der Waals surface area (Å²) in [7, 11) is 0. The lowest BCUT2D eigenvalue weighted by atomic mass is 9.94. The molecule has 1 amide bonds. The number of aliphatic hydroxyl groups excluding tert-OH is 1. The van der Waals surface area contributed by atoms with Crippen LogP contribution in [0.3, 0.4) is 0 Å². The van der Waals surface area contributed by atoms with E-state index in [1.807, 2.05) is 37.3 Å². The standard InChI is InChI=1S/C27H24FNO4/c1-2-15-33-20-12-8-11-19(16-20)25(30)23-24(21-13-6-7-14-22(21)28)29(27(32)26(23)31)17-18-9-4-3-5-10-18/h3-14,16,24,30H,2,15,17H2,1H3. The van der Waals surface area contributed by atoms with E-state index in [9.17, 15) is 19.1 Å². The van der Waals surface area contributed by atoms with Crippen LogP contribution in [0.4, 0.5) is 4.39 Å². The number of hydrogen-bond donors (Lipinski definition) is 1. The van der Waals surface area contributed by atoms with Crippen LogP contribution >= 0.6 is 0 Å². The maximum absolute atomic E-state index is 14.9. The molecule has 1 aliphatic heterocycles. The number of benzene rings is 3. The van der Waals surface area contributed by atoms with Crippen molar-refractivity contribution in [1.29, 1.82) is 0 Å². The number of likely N-dealkylation sites (tertiary alicyclic amines) is 1. The van der Waals surface area contributed by atoms with Gasteiger partial charge in [0, 0.05) is 17.7 Å². The lowest BCUT2D eigenvalue weighted by Crippen LogP contribution is -2.29. The quantitative estimate of drug-likeness (QED) is 0.307. The molecule has 6 heteroatoms. The summed E-state index contributed by atoms with van der Waals surface area (Å²) < 4.78 is 20.5. The van der Waals surface area contributed by atoms with Crippen LogP contribution < -0.4 is 4.74 Å². The van der Waals surface area contributed by atoms with E-state index in [-0.39, 0.29) is 23.4 Å². The molecule has 0 spiro atoms. The molecule has 0 saturated carbocycles. The largest absolute Gasteiger partial charge is 0.507 e. The molecule has 168 valence electrons. The maximum atomic E-state index is 14.9. The van der Waals surface area contributed by atoms with E-state index < -0.39 is 23.5 Å². The van der Waals surface area contributed by atoms with E-state index in [4.69, 9.17) is 4.74 Å². The predicted octanol–water partition coefficient (Wildman–Crippen LogP) is 5.24. The van der Waals surface area contributed by atoms with Gasteiger partial charge >= 0.3 is 0 Å². The molecule has 0 aromatic heterocycles. The Morgan fingerprint density at radius 1 is 1.00 bits per heavy atom. The molecule has 1 aliphatic rings. The van der Waals surface area contributed by atoms with Gasteiger partial charge in [0.05, 0.1) is 18.2 Å². The molecule has 0 radical (unpaired) electrons. The summed E-state index contributed by atoms with van der Waals surface area (Å²) in [5.74, 6) is -2.03. The van der Waals surface area contributed by atoms with Crippen molar-refractivity contribution in [3.8, 4) is 5.75 Å². The normalized spacial score (nSPS) is 17.4. The summed E-state index contributed by atoms with van der Waals surface area (Å²) >= 11 is 0. The molecule has 1 atom stereocenters. The molecule has 3 aromatic rings. The number of halogens is 1. The van der Waals surface area contributed by atoms with Crippen LogP contribution in [0, 0.1) is 5.82 Å². The van der Waals surface area contributed by atoms with Crippen molar-refractivity contribution >= 4 is 17.4 Å². The first kappa shape index (κ1) is 22.3. The van der Waals surface area contributed by atoms with Crippen molar-refractivity contribution in [2.45, 2.75) is 25.9 Å². The lowest BCUT2D eigenvalue weighted by molar-refractivity contribution is -0.140. The van der Waals surface area contributed by atoms with E-state index in [0.29, 0.717) is 17.9 Å². The Morgan fingerprint density at radius 3 is 2.45 bits per heavy atom. The third-order valence-electron chi connectivity index (χ3n) is 5.52. The predicted molar refractivity (Wildman–Crippen MR) is 123 cm³/mol. The summed E-state index contributed by atoms with van der Waals surface area (Å²) in [6.07, 6.45) is 0.814. The Morgan fingerprint density at radius 2 is 1.73 bits per heavy atom. The van der Waals surface area contributed by atoms with Crippen LogP contribution in [-0.4, -0.2) is 28.3 Å². The van der Waals surface area contributed by atoms with Crippen LogP contribution in [0.1, 0.15) is 36.1 Å². The van der Waals surface area contributed by atoms with Gasteiger partial charge in [-0.15, -0.1) is 0 Å². The van der Waals surface area contributed by atoms with E-state index >= 15 is 0 Å². The number of ketones is 1. The highest BCUT2D eigenvalue weighted by atomic mass is 19.1. The van der Waals surface area contributed by atoms with E-state index in [1.54, 1.807) is 30.3 Å². The molecule has 0 bridgehead atoms. The number of Topliss-reactive ketones (excluding diaryl/α,β-unsaturated/α-hetero) is 1. The summed E-state index contributed by atoms with van der Waals surface area (Å²) in [5, 5.41) is 11.2. The fourth-order valence-electron chi connectivity index (χ4n) is 3.95. The second-order valence-corrected chi connectivity index (χ2v) is 7.81. The number of carbonyl (C=O) groups excluding carboxylic acids is 2. The fraction of sp³-hybridized carbons (Fsp3) is 0.185. The van der Waals surface area contributed by atoms with Crippen LogP contribution in [0.5, 0.6) is 5.75 Å². The number of hydrogen-bond acceptors (Lipinski definition) is 4. The Kier molecular flexibility index (Phi) is 6.54. The third-order valence-corrected chi connectivity index (χ3v) is 5.52. The SMILES string of the molecule is CCCOc1cccc(C(O)=C2C(=O)C(=O)N(Cc3ccccc3)C2c2ccccc2F)c1. The number of amides is 1. The summed E-state index contributed by atoms with van der Waals surface area (Å²) in [6.45, 7) is 2.58. The minimum absolute atomic E-state index is 0.0981. The van der Waals surface area contributed by atoms with E-state index in [0.717, 1.165) is 12.0 Å². The van der Waals surface area contributed by atoms with Crippen LogP contribution in [0.2, 0.25) is 0 Å². The maximum Gasteiger partial charge on any atom is 0.295 e. The highest BCUT2D eigenvalue weighted by Gasteiger charge is 2.46. The Hall–Kier alpha value is -3.93. The number of carbonyl (C=O) groups is 2. The van der Waals surface area contributed by atoms with Gasteiger partial charge in [-0.05, 0) is 30.2 Å². The molecule has 5 nitrogen and oxygen atoms in total. The highest BCUT2D eigenvalue weighted by molar-refractivity contribution is 6.46. The second-order valence-electron chi connectivity index (χ2n) is 7.81. The molecule has 0 aliphatic carbocycles. The van der Waals surface area contributed by atoms with Crippen molar-refractivity contribution in [3.63, 3.8) is 0 Å². The smallest absolute Gasteiger partial charge is 0.295 e. The van der Waals surface area contributed by atoms with Crippen molar-refractivity contribution in [2.75, 3.05) is 6.61 Å². The molecule has 1 unspecified atom stereocenters. The van der Waals surface area contributed by atoms with Crippen molar-refractivity contribution in [1.82, 2.24) is 4.90 Å². The fourth-order valence-corrected chi connectivity index (χ4v) is 3.95. The van der Waals surface area contributed by atoms with Gasteiger partial charge in [0.1, 0.15) is 17.3 Å². The number of rotatable bonds is 7. The Bertz CT molecular complexity index is 1210. The van der Waals surface area contributed by atoms with Gasteiger partial charge in [0.2, 0.25) is 0 Å². The average molecular weight is 445 g/mol. The zero-order chi connectivity index (χ0) is 23.4. The molecule has 4 rings (SSSR count). The molecule has 1 N–H and O–H groups in total. The average Bonchev–Trinajstić information content (AvgIpc) is 3.08. The first-order valence-corrected chi connectivity index (χ1v) is 10.8. The molecule has 33 heavy (non-hydrogen) atoms. The van der Waals surface area contributed by atoms with Gasteiger partial charge in [-0.1, -0.05) is 67.6 Å². The van der Waals surface area contributed by atoms with Crippen LogP contribution in [-0.2, 0) is 16.1 Å². The number of nitrogens with zero attached hydrogens (tertiary/aromatic N) is 1. The Labute approximate surface area is 191 Å². The zero-order valence-corrected chi connectivity index (χ0v) is 18.2. The van der Waals surface area contributed by atoms with Gasteiger partial charge in [-0.3, -0.25) is 9.59 Å². The molecular weight excluding hydrogens is 421 g/mol. The summed E-state index contributed by atoms with van der Waals surface area (Å²) in [4.78, 5) is 27.5. The zero-order valence-electron chi connectivity index (χ0n) is 18.2. The van der Waals surface area contributed by atoms with Gasteiger partial charge in [0.15, 0.2) is 0 Å². The van der Waals surface area contributed by atoms with Gasteiger partial charge in [-0.25, -0.2) is 4.39 Å². The second kappa shape index (κ2) is 9.69. The summed E-state index contributed by atoms with van der Waals surface area (Å²) in [6, 6.07) is 20.7. The minimum Gasteiger partial charge on any atom is -0.507 e. The number of aliphatic hydroxyl groups is 1. The van der Waals surface area contributed by atoms with Gasteiger partial charge in [0.25, 0.3) is 11.7 Å². The monoisotopic (exact) mass is 445 g/mol.